The molecule has 1 aromatic rings. The van der Waals surface area contributed by atoms with Crippen molar-refractivity contribution in [3.63, 3.8) is 0 Å². The molecule has 0 unspecified atom stereocenters. The highest BCUT2D eigenvalue weighted by Crippen LogP contribution is 2.28. The third-order valence-corrected chi connectivity index (χ3v) is 2.87. The van der Waals surface area contributed by atoms with E-state index in [4.69, 9.17) is 0 Å². The van der Waals surface area contributed by atoms with Gasteiger partial charge in [0, 0.05) is 6.54 Å². The largest absolute Gasteiger partial charge is 0.416 e. The van der Waals surface area contributed by atoms with E-state index in [9.17, 15) is 13.2 Å². The quantitative estimate of drug-likeness (QED) is 0.540. The predicted octanol–water partition coefficient (Wildman–Crippen LogP) is 4.54. The maximum Gasteiger partial charge on any atom is 0.416 e. The monoisotopic (exact) mass is 271 g/mol. The van der Waals surface area contributed by atoms with Gasteiger partial charge in [0.05, 0.1) is 5.56 Å². The van der Waals surface area contributed by atoms with Gasteiger partial charge in [0.1, 0.15) is 0 Å². The first-order valence-electron chi connectivity index (χ1n) is 6.52. The third kappa shape index (κ3) is 6.43. The lowest BCUT2D eigenvalue weighted by Crippen LogP contribution is -2.14. The lowest BCUT2D eigenvalue weighted by Gasteiger charge is -2.08. The summed E-state index contributed by atoms with van der Waals surface area (Å²) in [6.45, 7) is 5.16. The molecule has 0 radical (unpaired) electrons. The predicted molar refractivity (Wildman–Crippen MR) is 71.8 cm³/mol. The molecule has 0 heterocycles. The van der Waals surface area contributed by atoms with Crippen LogP contribution in [-0.2, 0) is 12.7 Å². The molecule has 0 aromatic heterocycles. The summed E-state index contributed by atoms with van der Waals surface area (Å²) < 4.78 is 37.1. The molecular weight excluding hydrogens is 251 g/mol. The number of halogens is 3. The molecule has 0 fully saturated rings. The van der Waals surface area contributed by atoms with Crippen molar-refractivity contribution in [2.24, 2.45) is 0 Å². The molecule has 0 aliphatic rings. The fourth-order valence-corrected chi connectivity index (χ4v) is 1.76. The number of unbranched alkanes of at least 4 members (excludes halogenated alkanes) is 3. The molecular formula is C15H20F3N. The molecule has 0 aliphatic heterocycles. The second kappa shape index (κ2) is 8.00. The Bertz CT molecular complexity index is 368. The minimum Gasteiger partial charge on any atom is -0.313 e. The van der Waals surface area contributed by atoms with Crippen LogP contribution in [0.25, 0.3) is 0 Å². The van der Waals surface area contributed by atoms with Gasteiger partial charge in [0.15, 0.2) is 0 Å². The third-order valence-electron chi connectivity index (χ3n) is 2.87. The molecule has 106 valence electrons. The van der Waals surface area contributed by atoms with Gasteiger partial charge in [-0.15, -0.1) is 6.58 Å². The summed E-state index contributed by atoms with van der Waals surface area (Å²) in [6.07, 6.45) is 2.07. The van der Waals surface area contributed by atoms with Crippen LogP contribution in [0.4, 0.5) is 13.2 Å². The molecule has 0 saturated heterocycles. The number of allylic oxidation sites excluding steroid dienone is 1. The summed E-state index contributed by atoms with van der Waals surface area (Å²) in [7, 11) is 0. The van der Waals surface area contributed by atoms with Crippen LogP contribution in [0, 0.1) is 0 Å². The molecule has 1 rings (SSSR count). The van der Waals surface area contributed by atoms with Gasteiger partial charge in [-0.1, -0.05) is 24.6 Å². The molecule has 19 heavy (non-hydrogen) atoms. The number of alkyl halides is 3. The van der Waals surface area contributed by atoms with E-state index < -0.39 is 11.7 Å². The number of nitrogens with one attached hydrogen (secondary N) is 1. The molecule has 0 atom stereocenters. The average Bonchev–Trinajstić information content (AvgIpc) is 2.37. The van der Waals surface area contributed by atoms with Crippen molar-refractivity contribution in [2.75, 3.05) is 6.54 Å². The first-order chi connectivity index (χ1) is 9.04. The molecule has 0 saturated carbocycles. The fraction of sp³-hybridized carbons (Fsp3) is 0.467. The summed E-state index contributed by atoms with van der Waals surface area (Å²) in [6, 6.07) is 5.29. The van der Waals surface area contributed by atoms with Crippen molar-refractivity contribution < 1.29 is 13.2 Å². The molecule has 4 heteroatoms. The van der Waals surface area contributed by atoms with E-state index in [-0.39, 0.29) is 0 Å². The zero-order chi connectivity index (χ0) is 14.1. The fourth-order valence-electron chi connectivity index (χ4n) is 1.76. The maximum atomic E-state index is 12.4. The molecule has 0 bridgehead atoms. The van der Waals surface area contributed by atoms with E-state index in [1.807, 2.05) is 6.08 Å². The van der Waals surface area contributed by atoms with Crippen LogP contribution in [0.5, 0.6) is 0 Å². The Hall–Kier alpha value is -1.29. The van der Waals surface area contributed by atoms with Gasteiger partial charge in [-0.3, -0.25) is 0 Å². The molecule has 0 spiro atoms. The van der Waals surface area contributed by atoms with Crippen molar-refractivity contribution in [2.45, 2.75) is 38.4 Å². The topological polar surface area (TPSA) is 12.0 Å². The Balaban J connectivity index is 2.21. The van der Waals surface area contributed by atoms with Crippen LogP contribution in [0.2, 0.25) is 0 Å². The van der Waals surface area contributed by atoms with Crippen molar-refractivity contribution in [3.8, 4) is 0 Å². The number of hydrogen-bond acceptors (Lipinski definition) is 1. The number of rotatable bonds is 8. The zero-order valence-electron chi connectivity index (χ0n) is 11.0. The summed E-state index contributed by atoms with van der Waals surface area (Å²) in [4.78, 5) is 0. The van der Waals surface area contributed by atoms with Crippen molar-refractivity contribution in [1.82, 2.24) is 5.32 Å². The van der Waals surface area contributed by atoms with Gasteiger partial charge < -0.3 is 5.32 Å². The highest BCUT2D eigenvalue weighted by molar-refractivity contribution is 5.24. The minimum absolute atomic E-state index is 0.597. The molecule has 0 amide bonds. The van der Waals surface area contributed by atoms with Crippen LogP contribution in [-0.4, -0.2) is 6.54 Å². The average molecular weight is 271 g/mol. The van der Waals surface area contributed by atoms with Crippen molar-refractivity contribution in [1.29, 1.82) is 0 Å². The van der Waals surface area contributed by atoms with Crippen LogP contribution >= 0.6 is 0 Å². The van der Waals surface area contributed by atoms with Gasteiger partial charge >= 0.3 is 6.18 Å². The van der Waals surface area contributed by atoms with E-state index in [1.54, 1.807) is 0 Å². The van der Waals surface area contributed by atoms with E-state index in [1.165, 1.54) is 12.1 Å². The van der Waals surface area contributed by atoms with E-state index >= 15 is 0 Å². The van der Waals surface area contributed by atoms with Gasteiger partial charge in [0.2, 0.25) is 0 Å². The molecule has 0 aliphatic carbocycles. The summed E-state index contributed by atoms with van der Waals surface area (Å²) in [5, 5.41) is 3.23. The van der Waals surface area contributed by atoms with Crippen molar-refractivity contribution >= 4 is 0 Å². The Morgan fingerprint density at radius 2 is 1.74 bits per heavy atom. The highest BCUT2D eigenvalue weighted by atomic mass is 19.4. The Morgan fingerprint density at radius 3 is 2.32 bits per heavy atom. The van der Waals surface area contributed by atoms with E-state index in [0.29, 0.717) is 6.54 Å². The Morgan fingerprint density at radius 1 is 1.05 bits per heavy atom. The normalized spacial score (nSPS) is 11.5. The van der Waals surface area contributed by atoms with Gasteiger partial charge in [0.25, 0.3) is 0 Å². The first-order valence-corrected chi connectivity index (χ1v) is 6.52. The van der Waals surface area contributed by atoms with Crippen LogP contribution in [0.3, 0.4) is 0 Å². The first kappa shape index (κ1) is 15.8. The molecule has 1 N–H and O–H groups in total. The van der Waals surface area contributed by atoms with Gasteiger partial charge in [-0.2, -0.15) is 13.2 Å². The zero-order valence-corrected chi connectivity index (χ0v) is 11.0. The van der Waals surface area contributed by atoms with Crippen LogP contribution < -0.4 is 5.32 Å². The van der Waals surface area contributed by atoms with Crippen LogP contribution in [0.1, 0.15) is 36.8 Å². The molecule has 1 nitrogen and oxygen atoms in total. The lowest BCUT2D eigenvalue weighted by atomic mass is 10.1. The van der Waals surface area contributed by atoms with Gasteiger partial charge in [-0.25, -0.2) is 0 Å². The summed E-state index contributed by atoms with van der Waals surface area (Å²) >= 11 is 0. The minimum atomic E-state index is -4.25. The summed E-state index contributed by atoms with van der Waals surface area (Å²) in [5.74, 6) is 0. The number of hydrogen-bond donors (Lipinski definition) is 1. The standard InChI is InChI=1S/C15H20F3N/c1-2-3-4-5-6-11-19-12-13-7-9-14(10-8-13)15(16,17)18/h2,7-10,19H,1,3-6,11-12H2. The maximum absolute atomic E-state index is 12.4. The smallest absolute Gasteiger partial charge is 0.313 e. The van der Waals surface area contributed by atoms with Gasteiger partial charge in [-0.05, 0) is 43.5 Å². The van der Waals surface area contributed by atoms with E-state index in [0.717, 1.165) is 49.9 Å². The Labute approximate surface area is 112 Å². The summed E-state index contributed by atoms with van der Waals surface area (Å²) in [5.41, 5.74) is 0.278. The number of benzene rings is 1. The second-order valence-electron chi connectivity index (χ2n) is 4.51. The SMILES string of the molecule is C=CCCCCCNCc1ccc(C(F)(F)F)cc1. The lowest BCUT2D eigenvalue weighted by molar-refractivity contribution is -0.137. The molecule has 1 aromatic carbocycles. The highest BCUT2D eigenvalue weighted by Gasteiger charge is 2.29. The van der Waals surface area contributed by atoms with Crippen LogP contribution in [0.15, 0.2) is 36.9 Å². The second-order valence-corrected chi connectivity index (χ2v) is 4.51. The van der Waals surface area contributed by atoms with Crippen molar-refractivity contribution in [3.05, 3.63) is 48.0 Å². The van der Waals surface area contributed by atoms with E-state index in [2.05, 4.69) is 11.9 Å². The Kier molecular flexibility index (Phi) is 6.64.